The van der Waals surface area contributed by atoms with Crippen molar-refractivity contribution >= 4 is 0 Å². The lowest BCUT2D eigenvalue weighted by Crippen LogP contribution is -2.28. The summed E-state index contributed by atoms with van der Waals surface area (Å²) in [5, 5.41) is 9.57. The van der Waals surface area contributed by atoms with Crippen molar-refractivity contribution in [3.05, 3.63) is 35.4 Å². The van der Waals surface area contributed by atoms with E-state index in [1.165, 1.54) is 6.07 Å². The Labute approximate surface area is 81.4 Å². The largest absolute Gasteiger partial charge is 0.387 e. The first-order chi connectivity index (χ1) is 6.56. The molecule has 2 nitrogen and oxygen atoms in total. The van der Waals surface area contributed by atoms with Crippen LogP contribution in [0.3, 0.4) is 0 Å². The highest BCUT2D eigenvalue weighted by Crippen LogP contribution is 2.21. The van der Waals surface area contributed by atoms with Crippen LogP contribution in [-0.2, 0) is 0 Å². The molecule has 1 aromatic rings. The number of nitrogens with two attached hydrogens (primary N) is 1. The monoisotopic (exact) mass is 201 g/mol. The third kappa shape index (κ3) is 2.27. The molecule has 0 spiro atoms. The summed E-state index contributed by atoms with van der Waals surface area (Å²) in [4.78, 5) is 0. The molecule has 0 saturated heterocycles. The molecule has 1 aromatic carbocycles. The van der Waals surface area contributed by atoms with E-state index in [-0.39, 0.29) is 5.56 Å². The van der Waals surface area contributed by atoms with Gasteiger partial charge in [-0.2, -0.15) is 0 Å². The average Bonchev–Trinajstić information content (AvgIpc) is 2.15. The van der Waals surface area contributed by atoms with Crippen molar-refractivity contribution in [1.29, 1.82) is 0 Å². The van der Waals surface area contributed by atoms with Crippen LogP contribution in [0.4, 0.5) is 8.78 Å². The highest BCUT2D eigenvalue weighted by molar-refractivity contribution is 5.21. The van der Waals surface area contributed by atoms with E-state index in [1.54, 1.807) is 6.92 Å². The normalized spacial score (nSPS) is 15.2. The Hall–Kier alpha value is -1.00. The van der Waals surface area contributed by atoms with Gasteiger partial charge in [-0.3, -0.25) is 0 Å². The molecule has 2 atom stereocenters. The average molecular weight is 201 g/mol. The minimum Gasteiger partial charge on any atom is -0.387 e. The molecule has 0 aliphatic heterocycles. The standard InChI is InChI=1S/C10H13F2NO/c1-2-9(13)10(14)7-4-3-6(11)5-8(7)12/h3-5,9-10,14H,2,13H2,1H3/t9-,10+/m0/s1. The van der Waals surface area contributed by atoms with Gasteiger partial charge in [-0.15, -0.1) is 0 Å². The summed E-state index contributed by atoms with van der Waals surface area (Å²) in [5.41, 5.74) is 5.59. The molecule has 3 N–H and O–H groups in total. The van der Waals surface area contributed by atoms with Gasteiger partial charge in [0.1, 0.15) is 11.6 Å². The second-order valence-corrected chi connectivity index (χ2v) is 3.18. The second kappa shape index (κ2) is 4.48. The lowest BCUT2D eigenvalue weighted by Gasteiger charge is -2.17. The SMILES string of the molecule is CC[C@H](N)[C@H](O)c1ccc(F)cc1F. The van der Waals surface area contributed by atoms with Crippen molar-refractivity contribution < 1.29 is 13.9 Å². The predicted molar refractivity (Wildman–Crippen MR) is 49.6 cm³/mol. The van der Waals surface area contributed by atoms with Gasteiger partial charge in [-0.05, 0) is 12.5 Å². The molecule has 0 heterocycles. The molecule has 1 rings (SSSR count). The maximum Gasteiger partial charge on any atom is 0.131 e. The first-order valence-electron chi connectivity index (χ1n) is 4.44. The molecule has 0 saturated carbocycles. The highest BCUT2D eigenvalue weighted by Gasteiger charge is 2.18. The molecule has 78 valence electrons. The predicted octanol–water partition coefficient (Wildman–Crippen LogP) is 1.74. The molecule has 0 bridgehead atoms. The lowest BCUT2D eigenvalue weighted by molar-refractivity contribution is 0.140. The van der Waals surface area contributed by atoms with Gasteiger partial charge in [-0.1, -0.05) is 13.0 Å². The van der Waals surface area contributed by atoms with Crippen molar-refractivity contribution in [3.63, 3.8) is 0 Å². The van der Waals surface area contributed by atoms with Crippen LogP contribution in [0.2, 0.25) is 0 Å². The maximum absolute atomic E-state index is 13.1. The Balaban J connectivity index is 2.95. The van der Waals surface area contributed by atoms with Gasteiger partial charge in [0.05, 0.1) is 6.10 Å². The molecule has 0 radical (unpaired) electrons. The van der Waals surface area contributed by atoms with Crippen LogP contribution in [0.5, 0.6) is 0 Å². The highest BCUT2D eigenvalue weighted by atomic mass is 19.1. The topological polar surface area (TPSA) is 46.2 Å². The fourth-order valence-corrected chi connectivity index (χ4v) is 1.20. The Morgan fingerprint density at radius 2 is 2.07 bits per heavy atom. The maximum atomic E-state index is 13.1. The number of halogens is 2. The molecule has 0 aliphatic rings. The molecule has 0 aromatic heterocycles. The van der Waals surface area contributed by atoms with Gasteiger partial charge >= 0.3 is 0 Å². The fraction of sp³-hybridized carbons (Fsp3) is 0.400. The number of aliphatic hydroxyl groups excluding tert-OH is 1. The van der Waals surface area contributed by atoms with Gasteiger partial charge in [-0.25, -0.2) is 8.78 Å². The van der Waals surface area contributed by atoms with Gasteiger partial charge < -0.3 is 10.8 Å². The molecule has 4 heteroatoms. The Bertz CT molecular complexity index is 317. The van der Waals surface area contributed by atoms with Gasteiger partial charge in [0.2, 0.25) is 0 Å². The summed E-state index contributed by atoms with van der Waals surface area (Å²) >= 11 is 0. The summed E-state index contributed by atoms with van der Waals surface area (Å²) in [6.07, 6.45) is -0.557. The van der Waals surface area contributed by atoms with E-state index in [0.717, 1.165) is 12.1 Å². The minimum absolute atomic E-state index is 0.0424. The van der Waals surface area contributed by atoms with Crippen LogP contribution in [0.25, 0.3) is 0 Å². The van der Waals surface area contributed by atoms with Gasteiger partial charge in [0, 0.05) is 17.7 Å². The van der Waals surface area contributed by atoms with E-state index in [4.69, 9.17) is 5.73 Å². The molecule has 14 heavy (non-hydrogen) atoms. The molecule has 0 amide bonds. The molecular formula is C10H13F2NO. The van der Waals surface area contributed by atoms with Crippen molar-refractivity contribution in [2.45, 2.75) is 25.5 Å². The third-order valence-corrected chi connectivity index (χ3v) is 2.16. The first-order valence-corrected chi connectivity index (χ1v) is 4.44. The van der Waals surface area contributed by atoms with E-state index >= 15 is 0 Å². The lowest BCUT2D eigenvalue weighted by atomic mass is 10.0. The summed E-state index contributed by atoms with van der Waals surface area (Å²) in [6.45, 7) is 1.79. The van der Waals surface area contributed by atoms with Crippen molar-refractivity contribution in [3.8, 4) is 0 Å². The first kappa shape index (κ1) is 11.1. The van der Waals surface area contributed by atoms with Crippen molar-refractivity contribution in [1.82, 2.24) is 0 Å². The molecule has 0 aliphatic carbocycles. The van der Waals surface area contributed by atoms with Crippen LogP contribution in [0, 0.1) is 11.6 Å². The fourth-order valence-electron chi connectivity index (χ4n) is 1.20. The number of rotatable bonds is 3. The zero-order valence-corrected chi connectivity index (χ0v) is 7.87. The Kier molecular flexibility index (Phi) is 3.55. The Morgan fingerprint density at radius 1 is 1.43 bits per heavy atom. The van der Waals surface area contributed by atoms with Crippen LogP contribution in [0.1, 0.15) is 25.0 Å². The zero-order valence-electron chi connectivity index (χ0n) is 7.87. The Morgan fingerprint density at radius 3 is 2.57 bits per heavy atom. The van der Waals surface area contributed by atoms with E-state index in [2.05, 4.69) is 0 Å². The van der Waals surface area contributed by atoms with Crippen LogP contribution in [-0.4, -0.2) is 11.1 Å². The third-order valence-electron chi connectivity index (χ3n) is 2.16. The minimum atomic E-state index is -1.08. The second-order valence-electron chi connectivity index (χ2n) is 3.18. The van der Waals surface area contributed by atoms with Crippen LogP contribution < -0.4 is 5.73 Å². The van der Waals surface area contributed by atoms with Crippen molar-refractivity contribution in [2.24, 2.45) is 5.73 Å². The number of hydrogen-bond donors (Lipinski definition) is 2. The van der Waals surface area contributed by atoms with E-state index in [9.17, 15) is 13.9 Å². The van der Waals surface area contributed by atoms with Gasteiger partial charge in [0.25, 0.3) is 0 Å². The zero-order chi connectivity index (χ0) is 10.7. The summed E-state index contributed by atoms with van der Waals surface area (Å²) in [6, 6.07) is 2.52. The van der Waals surface area contributed by atoms with E-state index in [1.807, 2.05) is 0 Å². The smallest absolute Gasteiger partial charge is 0.131 e. The number of aliphatic hydroxyl groups is 1. The molecular weight excluding hydrogens is 188 g/mol. The van der Waals surface area contributed by atoms with Gasteiger partial charge in [0.15, 0.2) is 0 Å². The molecule has 0 fully saturated rings. The van der Waals surface area contributed by atoms with Crippen LogP contribution in [0.15, 0.2) is 18.2 Å². The summed E-state index contributed by atoms with van der Waals surface area (Å²) in [7, 11) is 0. The summed E-state index contributed by atoms with van der Waals surface area (Å²) < 4.78 is 25.7. The summed E-state index contributed by atoms with van der Waals surface area (Å²) in [5.74, 6) is -1.43. The van der Waals surface area contributed by atoms with Crippen LogP contribution >= 0.6 is 0 Å². The van der Waals surface area contributed by atoms with E-state index in [0.29, 0.717) is 6.42 Å². The number of hydrogen-bond acceptors (Lipinski definition) is 2. The molecule has 0 unspecified atom stereocenters. The number of benzene rings is 1. The van der Waals surface area contributed by atoms with Crippen molar-refractivity contribution in [2.75, 3.05) is 0 Å². The van der Waals surface area contributed by atoms with E-state index < -0.39 is 23.8 Å². The quantitative estimate of drug-likeness (QED) is 0.782.